The van der Waals surface area contributed by atoms with Crippen molar-refractivity contribution in [3.63, 3.8) is 0 Å². The Morgan fingerprint density at radius 1 is 0.962 bits per heavy atom. The first-order valence-electron chi connectivity index (χ1n) is 8.64. The highest BCUT2D eigenvalue weighted by Gasteiger charge is 2.24. The summed E-state index contributed by atoms with van der Waals surface area (Å²) < 4.78 is 27.9. The molecule has 1 aromatic heterocycles. The number of para-hydroxylation sites is 1. The van der Waals surface area contributed by atoms with Gasteiger partial charge >= 0.3 is 0 Å². The van der Waals surface area contributed by atoms with Crippen LogP contribution in [0.1, 0.15) is 13.8 Å². The van der Waals surface area contributed by atoms with E-state index >= 15 is 0 Å². The Morgan fingerprint density at radius 2 is 1.58 bits per heavy atom. The van der Waals surface area contributed by atoms with Crippen molar-refractivity contribution in [3.8, 4) is 0 Å². The van der Waals surface area contributed by atoms with E-state index in [-0.39, 0.29) is 22.2 Å². The number of rotatable bonds is 6. The predicted molar refractivity (Wildman–Crippen MR) is 102 cm³/mol. The lowest BCUT2D eigenvalue weighted by atomic mass is 10.2. The van der Waals surface area contributed by atoms with E-state index in [1.54, 1.807) is 52.1 Å². The minimum absolute atomic E-state index is 0.0283. The smallest absolute Gasteiger partial charge is 0.242 e. The molecule has 0 N–H and O–H groups in total. The van der Waals surface area contributed by atoms with Crippen LogP contribution >= 0.6 is 0 Å². The van der Waals surface area contributed by atoms with E-state index in [9.17, 15) is 13.2 Å². The third-order valence-corrected chi connectivity index (χ3v) is 6.31. The zero-order chi connectivity index (χ0) is 18.7. The van der Waals surface area contributed by atoms with E-state index in [1.807, 2.05) is 32.0 Å². The summed E-state index contributed by atoms with van der Waals surface area (Å²) in [6.07, 6.45) is 1.58. The third kappa shape index (κ3) is 3.24. The summed E-state index contributed by atoms with van der Waals surface area (Å²) in [6.45, 7) is 5.24. The van der Waals surface area contributed by atoms with Crippen LogP contribution < -0.4 is 0 Å². The molecular weight excluding hydrogens is 348 g/mol. The molecular formula is C20H22N2O3S. The van der Waals surface area contributed by atoms with Crippen LogP contribution in [0.2, 0.25) is 0 Å². The van der Waals surface area contributed by atoms with Crippen molar-refractivity contribution in [2.75, 3.05) is 13.1 Å². The molecule has 3 aromatic rings. The standard InChI is InChI=1S/C20H22N2O3S/c1-3-21(4-2)20(23)15-22-14-19(17-12-8-9-13-18(17)22)26(24,25)16-10-6-5-7-11-16/h5-14H,3-4,15H2,1-2H3. The Hall–Kier alpha value is -2.60. The molecule has 5 nitrogen and oxygen atoms in total. The molecule has 0 unspecified atom stereocenters. The number of sulfone groups is 1. The van der Waals surface area contributed by atoms with Gasteiger partial charge in [-0.05, 0) is 32.0 Å². The van der Waals surface area contributed by atoms with E-state index in [4.69, 9.17) is 0 Å². The normalized spacial score (nSPS) is 11.6. The molecule has 0 fully saturated rings. The van der Waals surface area contributed by atoms with Gasteiger partial charge in [-0.1, -0.05) is 36.4 Å². The molecule has 0 aliphatic carbocycles. The molecule has 3 rings (SSSR count). The van der Waals surface area contributed by atoms with E-state index in [1.165, 1.54) is 0 Å². The minimum Gasteiger partial charge on any atom is -0.342 e. The molecule has 0 saturated carbocycles. The molecule has 2 aromatic carbocycles. The average molecular weight is 370 g/mol. The number of likely N-dealkylation sites (N-methyl/N-ethyl adjacent to an activating group) is 1. The summed E-state index contributed by atoms with van der Waals surface area (Å²) in [4.78, 5) is 14.7. The molecule has 0 bridgehead atoms. The first kappa shape index (κ1) is 18.2. The van der Waals surface area contributed by atoms with Crippen molar-refractivity contribution in [2.45, 2.75) is 30.2 Å². The highest BCUT2D eigenvalue weighted by atomic mass is 32.2. The second-order valence-electron chi connectivity index (χ2n) is 6.02. The van der Waals surface area contributed by atoms with Crippen LogP contribution in [0.15, 0.2) is 70.6 Å². The van der Waals surface area contributed by atoms with Crippen molar-refractivity contribution in [1.29, 1.82) is 0 Å². The quantitative estimate of drug-likeness (QED) is 0.669. The Balaban J connectivity index is 2.10. The van der Waals surface area contributed by atoms with Crippen LogP contribution in [-0.4, -0.2) is 36.9 Å². The molecule has 1 heterocycles. The number of carbonyl (C=O) groups excluding carboxylic acids is 1. The number of aromatic nitrogens is 1. The van der Waals surface area contributed by atoms with Crippen LogP contribution in [0, 0.1) is 0 Å². The maximum atomic E-state index is 13.1. The fourth-order valence-corrected chi connectivity index (χ4v) is 4.60. The maximum absolute atomic E-state index is 13.1. The van der Waals surface area contributed by atoms with Crippen molar-refractivity contribution in [1.82, 2.24) is 9.47 Å². The first-order chi connectivity index (χ1) is 12.5. The van der Waals surface area contributed by atoms with Crippen LogP contribution in [0.25, 0.3) is 10.9 Å². The predicted octanol–water partition coefficient (Wildman–Crippen LogP) is 3.34. The topological polar surface area (TPSA) is 59.4 Å². The summed E-state index contributed by atoms with van der Waals surface area (Å²) in [5, 5.41) is 0.628. The molecule has 0 aliphatic rings. The van der Waals surface area contributed by atoms with Gasteiger partial charge in [0.2, 0.25) is 15.7 Å². The second kappa shape index (κ2) is 7.33. The number of carbonyl (C=O) groups is 1. The molecule has 0 aliphatic heterocycles. The summed E-state index contributed by atoms with van der Waals surface area (Å²) in [5.74, 6) is -0.0283. The van der Waals surface area contributed by atoms with Gasteiger partial charge in [-0.3, -0.25) is 4.79 Å². The van der Waals surface area contributed by atoms with Crippen LogP contribution in [0.3, 0.4) is 0 Å². The average Bonchev–Trinajstić information content (AvgIpc) is 3.03. The van der Waals surface area contributed by atoms with Crippen molar-refractivity contribution < 1.29 is 13.2 Å². The lowest BCUT2D eigenvalue weighted by Crippen LogP contribution is -2.33. The molecule has 0 radical (unpaired) electrons. The Labute approximate surface area is 153 Å². The second-order valence-corrected chi connectivity index (χ2v) is 7.94. The van der Waals surface area contributed by atoms with E-state index in [0.29, 0.717) is 18.5 Å². The molecule has 136 valence electrons. The lowest BCUT2D eigenvalue weighted by molar-refractivity contribution is -0.131. The van der Waals surface area contributed by atoms with Gasteiger partial charge in [0.05, 0.1) is 9.79 Å². The Kier molecular flexibility index (Phi) is 5.13. The van der Waals surface area contributed by atoms with Gasteiger partial charge in [-0.25, -0.2) is 8.42 Å². The number of amides is 1. The maximum Gasteiger partial charge on any atom is 0.242 e. The fourth-order valence-electron chi connectivity index (χ4n) is 3.11. The molecule has 6 heteroatoms. The number of benzene rings is 2. The SMILES string of the molecule is CCN(CC)C(=O)Cn1cc(S(=O)(=O)c2ccccc2)c2ccccc21. The molecule has 0 saturated heterocycles. The van der Waals surface area contributed by atoms with Crippen molar-refractivity contribution in [3.05, 3.63) is 60.8 Å². The summed E-state index contributed by atoms with van der Waals surface area (Å²) in [6, 6.07) is 15.6. The minimum atomic E-state index is -3.66. The first-order valence-corrected chi connectivity index (χ1v) is 10.1. The zero-order valence-electron chi connectivity index (χ0n) is 14.9. The van der Waals surface area contributed by atoms with Gasteiger partial charge in [-0.15, -0.1) is 0 Å². The number of hydrogen-bond acceptors (Lipinski definition) is 3. The van der Waals surface area contributed by atoms with E-state index in [0.717, 1.165) is 5.52 Å². The zero-order valence-corrected chi connectivity index (χ0v) is 15.7. The van der Waals surface area contributed by atoms with Crippen LogP contribution in [0.4, 0.5) is 0 Å². The molecule has 26 heavy (non-hydrogen) atoms. The van der Waals surface area contributed by atoms with Gasteiger partial charge in [0.25, 0.3) is 0 Å². The molecule has 0 atom stereocenters. The summed E-state index contributed by atoms with van der Waals surface area (Å²) in [7, 11) is -3.66. The van der Waals surface area contributed by atoms with Gasteiger partial charge in [0.15, 0.2) is 0 Å². The number of hydrogen-bond donors (Lipinski definition) is 0. The van der Waals surface area contributed by atoms with Gasteiger partial charge in [-0.2, -0.15) is 0 Å². The van der Waals surface area contributed by atoms with E-state index in [2.05, 4.69) is 0 Å². The van der Waals surface area contributed by atoms with Crippen LogP contribution in [-0.2, 0) is 21.2 Å². The van der Waals surface area contributed by atoms with Gasteiger partial charge in [0.1, 0.15) is 6.54 Å². The number of nitrogens with zero attached hydrogens (tertiary/aromatic N) is 2. The molecule has 0 spiro atoms. The van der Waals surface area contributed by atoms with Gasteiger partial charge in [0, 0.05) is 30.2 Å². The fraction of sp³-hybridized carbons (Fsp3) is 0.250. The highest BCUT2D eigenvalue weighted by Crippen LogP contribution is 2.30. The van der Waals surface area contributed by atoms with Crippen molar-refractivity contribution in [2.24, 2.45) is 0 Å². The third-order valence-electron chi connectivity index (χ3n) is 4.52. The van der Waals surface area contributed by atoms with Crippen molar-refractivity contribution >= 4 is 26.6 Å². The molecule has 1 amide bonds. The monoisotopic (exact) mass is 370 g/mol. The summed E-state index contributed by atoms with van der Waals surface area (Å²) in [5.41, 5.74) is 0.738. The lowest BCUT2D eigenvalue weighted by Gasteiger charge is -2.19. The Bertz CT molecular complexity index is 1020. The Morgan fingerprint density at radius 3 is 2.23 bits per heavy atom. The highest BCUT2D eigenvalue weighted by molar-refractivity contribution is 7.91. The van der Waals surface area contributed by atoms with Crippen LogP contribution in [0.5, 0.6) is 0 Å². The largest absolute Gasteiger partial charge is 0.342 e. The number of fused-ring (bicyclic) bond motifs is 1. The summed E-state index contributed by atoms with van der Waals surface area (Å²) >= 11 is 0. The van der Waals surface area contributed by atoms with Gasteiger partial charge < -0.3 is 9.47 Å². The van der Waals surface area contributed by atoms with E-state index < -0.39 is 9.84 Å².